The second kappa shape index (κ2) is 10.8. The fraction of sp³-hybridized carbons (Fsp3) is 0.200. The maximum absolute atomic E-state index is 13.6. The lowest BCUT2D eigenvalue weighted by molar-refractivity contribution is 0.0918. The molecule has 0 aliphatic heterocycles. The molecule has 0 fully saturated rings. The normalized spacial score (nSPS) is 11.9. The van der Waals surface area contributed by atoms with Crippen LogP contribution in [0.5, 0.6) is 17.2 Å². The van der Waals surface area contributed by atoms with Gasteiger partial charge in [0.1, 0.15) is 0 Å². The van der Waals surface area contributed by atoms with Crippen molar-refractivity contribution in [3.05, 3.63) is 84.2 Å². The first kappa shape index (κ1) is 25.1. The standard InChI is InChI=1S/C30H29N3O5/c1-36-26-14-20(15-27(37-2)29(26)38-3)19-11-18-7-6-10-31-28(18)24(13-19)30(35)33-22(17-34)12-21-16-32-25-9-5-4-8-23(21)25/h4-11,13-16,22,32,34H,12,17H2,1-3H3,(H,33,35)/t22-/m1/s1. The third kappa shape index (κ3) is 4.73. The summed E-state index contributed by atoms with van der Waals surface area (Å²) in [4.78, 5) is 21.3. The predicted molar refractivity (Wildman–Crippen MR) is 147 cm³/mol. The van der Waals surface area contributed by atoms with Gasteiger partial charge in [-0.25, -0.2) is 0 Å². The molecule has 8 nitrogen and oxygen atoms in total. The first-order valence-corrected chi connectivity index (χ1v) is 12.2. The molecule has 0 saturated carbocycles. The van der Waals surface area contributed by atoms with Crippen LogP contribution in [-0.2, 0) is 6.42 Å². The number of hydrogen-bond donors (Lipinski definition) is 3. The third-order valence-corrected chi connectivity index (χ3v) is 6.64. The first-order chi connectivity index (χ1) is 18.6. The van der Waals surface area contributed by atoms with E-state index in [9.17, 15) is 9.90 Å². The quantitative estimate of drug-likeness (QED) is 0.264. The molecule has 0 unspecified atom stereocenters. The number of aliphatic hydroxyl groups is 1. The number of carbonyl (C=O) groups is 1. The zero-order chi connectivity index (χ0) is 26.6. The topological polar surface area (TPSA) is 106 Å². The van der Waals surface area contributed by atoms with E-state index in [1.165, 1.54) is 0 Å². The minimum absolute atomic E-state index is 0.205. The van der Waals surface area contributed by atoms with Crippen molar-refractivity contribution in [3.8, 4) is 28.4 Å². The molecule has 0 bridgehead atoms. The molecular formula is C30H29N3O5. The fourth-order valence-corrected chi connectivity index (χ4v) is 4.77. The summed E-state index contributed by atoms with van der Waals surface area (Å²) in [5, 5.41) is 15.0. The first-order valence-electron chi connectivity index (χ1n) is 12.2. The molecule has 2 heterocycles. The Morgan fingerprint density at radius 2 is 1.71 bits per heavy atom. The molecule has 5 rings (SSSR count). The number of nitrogens with zero attached hydrogens (tertiary/aromatic N) is 1. The van der Waals surface area contributed by atoms with Crippen molar-refractivity contribution in [2.45, 2.75) is 12.5 Å². The average molecular weight is 512 g/mol. The molecule has 38 heavy (non-hydrogen) atoms. The summed E-state index contributed by atoms with van der Waals surface area (Å²) >= 11 is 0. The van der Waals surface area contributed by atoms with Gasteiger partial charge < -0.3 is 29.6 Å². The SMILES string of the molecule is COc1cc(-c2cc(C(=O)N[C@@H](CO)Cc3c[nH]c4ccccc34)c3ncccc3c2)cc(OC)c1OC. The summed E-state index contributed by atoms with van der Waals surface area (Å²) in [6, 6.07) is 18.7. The van der Waals surface area contributed by atoms with Crippen molar-refractivity contribution in [2.75, 3.05) is 27.9 Å². The zero-order valence-corrected chi connectivity index (χ0v) is 21.4. The number of rotatable bonds is 9. The van der Waals surface area contributed by atoms with Crippen LogP contribution in [0.15, 0.2) is 73.1 Å². The Morgan fingerprint density at radius 3 is 2.42 bits per heavy atom. The number of aromatic amines is 1. The molecule has 2 aromatic heterocycles. The van der Waals surface area contributed by atoms with Gasteiger partial charge in [0.15, 0.2) is 11.5 Å². The van der Waals surface area contributed by atoms with E-state index in [-0.39, 0.29) is 12.5 Å². The average Bonchev–Trinajstić information content (AvgIpc) is 3.37. The van der Waals surface area contributed by atoms with E-state index in [1.54, 1.807) is 33.6 Å². The van der Waals surface area contributed by atoms with Crippen LogP contribution in [0.1, 0.15) is 15.9 Å². The Morgan fingerprint density at radius 1 is 0.974 bits per heavy atom. The number of methoxy groups -OCH3 is 3. The van der Waals surface area contributed by atoms with Gasteiger partial charge in [-0.3, -0.25) is 9.78 Å². The molecule has 0 aliphatic carbocycles. The monoisotopic (exact) mass is 511 g/mol. The number of para-hydroxylation sites is 1. The van der Waals surface area contributed by atoms with E-state index >= 15 is 0 Å². The molecule has 1 amide bonds. The zero-order valence-electron chi connectivity index (χ0n) is 21.4. The molecule has 0 spiro atoms. The van der Waals surface area contributed by atoms with E-state index in [0.717, 1.165) is 33.0 Å². The number of pyridine rings is 1. The molecule has 0 aliphatic rings. The minimum Gasteiger partial charge on any atom is -0.493 e. The maximum atomic E-state index is 13.6. The van der Waals surface area contributed by atoms with E-state index in [2.05, 4.69) is 15.3 Å². The minimum atomic E-state index is -0.481. The number of hydrogen-bond acceptors (Lipinski definition) is 6. The van der Waals surface area contributed by atoms with Crippen LogP contribution < -0.4 is 19.5 Å². The number of benzene rings is 3. The maximum Gasteiger partial charge on any atom is 0.253 e. The number of aromatic nitrogens is 2. The van der Waals surface area contributed by atoms with Gasteiger partial charge >= 0.3 is 0 Å². The van der Waals surface area contributed by atoms with Crippen molar-refractivity contribution in [1.29, 1.82) is 0 Å². The molecule has 8 heteroatoms. The summed E-state index contributed by atoms with van der Waals surface area (Å²) in [5.41, 5.74) is 4.59. The number of ether oxygens (including phenoxy) is 3. The van der Waals surface area contributed by atoms with Crippen molar-refractivity contribution < 1.29 is 24.1 Å². The van der Waals surface area contributed by atoms with Gasteiger partial charge in [-0.05, 0) is 59.5 Å². The van der Waals surface area contributed by atoms with Gasteiger partial charge in [0, 0.05) is 28.7 Å². The Labute approximate surface area is 220 Å². The predicted octanol–water partition coefficient (Wildman–Crippen LogP) is 4.74. The van der Waals surface area contributed by atoms with Crippen LogP contribution in [-0.4, -0.2) is 55.0 Å². The van der Waals surface area contributed by atoms with E-state index in [1.807, 2.05) is 60.8 Å². The summed E-state index contributed by atoms with van der Waals surface area (Å²) in [5.74, 6) is 1.19. The molecule has 3 aromatic carbocycles. The molecule has 0 radical (unpaired) electrons. The van der Waals surface area contributed by atoms with Crippen LogP contribution in [0.25, 0.3) is 32.9 Å². The molecule has 3 N–H and O–H groups in total. The Bertz CT molecular complexity index is 1590. The summed E-state index contributed by atoms with van der Waals surface area (Å²) in [6.45, 7) is -0.205. The van der Waals surface area contributed by atoms with Crippen molar-refractivity contribution in [2.24, 2.45) is 0 Å². The Balaban J connectivity index is 1.51. The van der Waals surface area contributed by atoms with Gasteiger partial charge in [0.2, 0.25) is 5.75 Å². The summed E-state index contributed by atoms with van der Waals surface area (Å²) in [7, 11) is 4.68. The number of H-pyrrole nitrogens is 1. The molecular weight excluding hydrogens is 482 g/mol. The van der Waals surface area contributed by atoms with E-state index in [4.69, 9.17) is 14.2 Å². The second-order valence-corrected chi connectivity index (χ2v) is 8.93. The summed E-state index contributed by atoms with van der Waals surface area (Å²) < 4.78 is 16.5. The highest BCUT2D eigenvalue weighted by Crippen LogP contribution is 2.42. The molecule has 5 aromatic rings. The van der Waals surface area contributed by atoms with Crippen LogP contribution >= 0.6 is 0 Å². The number of nitrogens with one attached hydrogen (secondary N) is 2. The van der Waals surface area contributed by atoms with E-state index < -0.39 is 6.04 Å². The van der Waals surface area contributed by atoms with E-state index in [0.29, 0.717) is 34.7 Å². The number of fused-ring (bicyclic) bond motifs is 2. The lowest BCUT2D eigenvalue weighted by atomic mass is 9.98. The van der Waals surface area contributed by atoms with Crippen LogP contribution in [0.3, 0.4) is 0 Å². The third-order valence-electron chi connectivity index (χ3n) is 6.64. The van der Waals surface area contributed by atoms with Gasteiger partial charge in [0.25, 0.3) is 5.91 Å². The van der Waals surface area contributed by atoms with Crippen molar-refractivity contribution in [1.82, 2.24) is 15.3 Å². The molecule has 194 valence electrons. The lowest BCUT2D eigenvalue weighted by Gasteiger charge is -2.18. The van der Waals surface area contributed by atoms with Gasteiger partial charge in [-0.15, -0.1) is 0 Å². The largest absolute Gasteiger partial charge is 0.493 e. The van der Waals surface area contributed by atoms with Crippen molar-refractivity contribution >= 4 is 27.7 Å². The van der Waals surface area contributed by atoms with Crippen molar-refractivity contribution in [3.63, 3.8) is 0 Å². The second-order valence-electron chi connectivity index (χ2n) is 8.93. The molecule has 1 atom stereocenters. The van der Waals surface area contributed by atoms with Gasteiger partial charge in [-0.1, -0.05) is 24.3 Å². The highest BCUT2D eigenvalue weighted by molar-refractivity contribution is 6.07. The highest BCUT2D eigenvalue weighted by Gasteiger charge is 2.20. The van der Waals surface area contributed by atoms with Crippen LogP contribution in [0, 0.1) is 0 Å². The highest BCUT2D eigenvalue weighted by atomic mass is 16.5. The van der Waals surface area contributed by atoms with Gasteiger partial charge in [-0.2, -0.15) is 0 Å². The van der Waals surface area contributed by atoms with Crippen LogP contribution in [0.2, 0.25) is 0 Å². The van der Waals surface area contributed by atoms with Gasteiger partial charge in [0.05, 0.1) is 45.1 Å². The van der Waals surface area contributed by atoms with Crippen LogP contribution in [0.4, 0.5) is 0 Å². The summed E-state index contributed by atoms with van der Waals surface area (Å²) in [6.07, 6.45) is 4.05. The lowest BCUT2D eigenvalue weighted by Crippen LogP contribution is -2.39. The molecule has 0 saturated heterocycles. The number of carbonyl (C=O) groups excluding carboxylic acids is 1. The fourth-order valence-electron chi connectivity index (χ4n) is 4.77. The number of amides is 1. The smallest absolute Gasteiger partial charge is 0.253 e. The Hall–Kier alpha value is -4.56. The number of aliphatic hydroxyl groups excluding tert-OH is 1. The Kier molecular flexibility index (Phi) is 7.15.